The second-order valence-corrected chi connectivity index (χ2v) is 6.69. The first kappa shape index (κ1) is 9.45. The van der Waals surface area contributed by atoms with Crippen molar-refractivity contribution in [3.63, 3.8) is 0 Å². The van der Waals surface area contributed by atoms with Crippen molar-refractivity contribution in [1.82, 2.24) is 4.72 Å². The second kappa shape index (κ2) is 2.95. The van der Waals surface area contributed by atoms with Crippen molar-refractivity contribution in [2.45, 2.75) is 17.1 Å². The molecule has 0 amide bonds. The highest BCUT2D eigenvalue weighted by Gasteiger charge is 2.29. The third-order valence-electron chi connectivity index (χ3n) is 2.05. The quantitative estimate of drug-likeness (QED) is 0.748. The molecule has 0 aliphatic carbocycles. The van der Waals surface area contributed by atoms with E-state index in [1.165, 1.54) is 0 Å². The van der Waals surface area contributed by atoms with E-state index in [4.69, 9.17) is 11.6 Å². The van der Waals surface area contributed by atoms with E-state index in [9.17, 15) is 8.42 Å². The van der Waals surface area contributed by atoms with E-state index in [0.29, 0.717) is 15.1 Å². The minimum absolute atomic E-state index is 0.210. The van der Waals surface area contributed by atoms with Gasteiger partial charge in [-0.3, -0.25) is 0 Å². The van der Waals surface area contributed by atoms with Crippen molar-refractivity contribution >= 4 is 33.0 Å². The minimum Gasteiger partial charge on any atom is -0.210 e. The predicted octanol–water partition coefficient (Wildman–Crippen LogP) is 1.80. The van der Waals surface area contributed by atoms with Crippen LogP contribution in [0.5, 0.6) is 0 Å². The summed E-state index contributed by atoms with van der Waals surface area (Å²) in [7, 11) is -3.27. The van der Waals surface area contributed by atoms with Crippen LogP contribution in [-0.4, -0.2) is 15.0 Å². The van der Waals surface area contributed by atoms with E-state index in [1.54, 1.807) is 6.07 Å². The minimum atomic E-state index is -3.27. The van der Waals surface area contributed by atoms with Gasteiger partial charge in [-0.2, -0.15) is 0 Å². The number of sulfonamides is 1. The Kier molecular flexibility index (Phi) is 2.14. The number of thiophene rings is 1. The summed E-state index contributed by atoms with van der Waals surface area (Å²) in [6, 6.07) is 1.74. The molecule has 0 saturated heterocycles. The topological polar surface area (TPSA) is 46.2 Å². The Morgan fingerprint density at radius 2 is 2.38 bits per heavy atom. The highest BCUT2D eigenvalue weighted by atomic mass is 35.5. The van der Waals surface area contributed by atoms with Crippen LogP contribution in [0.25, 0.3) is 0 Å². The summed E-state index contributed by atoms with van der Waals surface area (Å²) in [6.45, 7) is 2.44. The zero-order chi connectivity index (χ0) is 9.64. The SMILES string of the molecule is CC1CNS(=O)(=O)c2sc(Cl)cc21. The van der Waals surface area contributed by atoms with E-state index in [0.717, 1.165) is 16.9 Å². The molecular weight excluding hydrogens is 230 g/mol. The molecule has 1 unspecified atom stereocenters. The van der Waals surface area contributed by atoms with Gasteiger partial charge in [0, 0.05) is 6.54 Å². The van der Waals surface area contributed by atoms with Crippen LogP contribution in [0.3, 0.4) is 0 Å². The molecule has 1 aromatic rings. The Morgan fingerprint density at radius 3 is 3.00 bits per heavy atom. The number of hydrogen-bond acceptors (Lipinski definition) is 3. The summed E-state index contributed by atoms with van der Waals surface area (Å²) in [5.74, 6) is 0.210. The van der Waals surface area contributed by atoms with Crippen LogP contribution in [0.1, 0.15) is 18.4 Å². The van der Waals surface area contributed by atoms with Crippen LogP contribution in [0.4, 0.5) is 0 Å². The molecule has 1 aliphatic heterocycles. The van der Waals surface area contributed by atoms with Crippen LogP contribution < -0.4 is 4.72 Å². The Morgan fingerprint density at radius 1 is 1.69 bits per heavy atom. The van der Waals surface area contributed by atoms with Crippen molar-refractivity contribution in [3.8, 4) is 0 Å². The van der Waals surface area contributed by atoms with Gasteiger partial charge in [-0.15, -0.1) is 11.3 Å². The molecule has 2 rings (SSSR count). The molecule has 1 aliphatic rings. The summed E-state index contributed by atoms with van der Waals surface area (Å²) in [5.41, 5.74) is 0.841. The molecule has 0 aromatic carbocycles. The first-order valence-corrected chi connectivity index (χ1v) is 6.47. The van der Waals surface area contributed by atoms with Crippen LogP contribution in [0.15, 0.2) is 10.3 Å². The van der Waals surface area contributed by atoms with Crippen LogP contribution in [0.2, 0.25) is 4.34 Å². The summed E-state index contributed by atoms with van der Waals surface area (Å²) >= 11 is 6.89. The third-order valence-corrected chi connectivity index (χ3v) is 5.30. The lowest BCUT2D eigenvalue weighted by Gasteiger charge is -2.19. The molecule has 72 valence electrons. The summed E-state index contributed by atoms with van der Waals surface area (Å²) in [4.78, 5) is 0. The molecule has 13 heavy (non-hydrogen) atoms. The zero-order valence-corrected chi connectivity index (χ0v) is 9.26. The van der Waals surface area contributed by atoms with Gasteiger partial charge < -0.3 is 0 Å². The molecule has 1 aromatic heterocycles. The molecule has 6 heteroatoms. The van der Waals surface area contributed by atoms with E-state index in [1.807, 2.05) is 6.92 Å². The lowest BCUT2D eigenvalue weighted by molar-refractivity contribution is 0.564. The van der Waals surface area contributed by atoms with Gasteiger partial charge in [0.15, 0.2) is 0 Å². The molecule has 1 N–H and O–H groups in total. The zero-order valence-electron chi connectivity index (χ0n) is 6.87. The van der Waals surface area contributed by atoms with Gasteiger partial charge in [-0.1, -0.05) is 18.5 Å². The average molecular weight is 238 g/mol. The third kappa shape index (κ3) is 1.50. The molecule has 3 nitrogen and oxygen atoms in total. The normalized spacial score (nSPS) is 25.5. The number of nitrogens with one attached hydrogen (secondary N) is 1. The average Bonchev–Trinajstić information content (AvgIpc) is 2.42. The smallest absolute Gasteiger partial charge is 0.210 e. The number of rotatable bonds is 0. The Balaban J connectivity index is 2.68. The maximum absolute atomic E-state index is 11.5. The number of halogens is 1. The number of hydrogen-bond donors (Lipinski definition) is 1. The highest BCUT2D eigenvalue weighted by Crippen LogP contribution is 2.37. The molecule has 2 heterocycles. The van der Waals surface area contributed by atoms with Crippen molar-refractivity contribution in [3.05, 3.63) is 16.0 Å². The molecule has 0 spiro atoms. The van der Waals surface area contributed by atoms with E-state index in [2.05, 4.69) is 4.72 Å². The predicted molar refractivity (Wildman–Crippen MR) is 52.9 cm³/mol. The van der Waals surface area contributed by atoms with Crippen molar-refractivity contribution < 1.29 is 8.42 Å². The lowest BCUT2D eigenvalue weighted by atomic mass is 10.1. The van der Waals surface area contributed by atoms with Crippen LogP contribution in [0, 0.1) is 0 Å². The van der Waals surface area contributed by atoms with Gasteiger partial charge in [-0.25, -0.2) is 13.1 Å². The summed E-state index contributed by atoms with van der Waals surface area (Å²) in [6.07, 6.45) is 0. The fourth-order valence-corrected chi connectivity index (χ4v) is 4.60. The van der Waals surface area contributed by atoms with Crippen molar-refractivity contribution in [1.29, 1.82) is 0 Å². The van der Waals surface area contributed by atoms with Crippen LogP contribution in [-0.2, 0) is 10.0 Å². The van der Waals surface area contributed by atoms with Gasteiger partial charge in [0.1, 0.15) is 4.21 Å². The Labute approximate surface area is 85.8 Å². The van der Waals surface area contributed by atoms with Gasteiger partial charge in [0.25, 0.3) is 0 Å². The molecule has 0 bridgehead atoms. The summed E-state index contributed by atoms with van der Waals surface area (Å²) in [5, 5.41) is 0. The van der Waals surface area contributed by atoms with Gasteiger partial charge in [0.05, 0.1) is 4.34 Å². The summed E-state index contributed by atoms with van der Waals surface area (Å²) < 4.78 is 26.3. The molecule has 1 atom stereocenters. The molecule has 0 radical (unpaired) electrons. The largest absolute Gasteiger partial charge is 0.250 e. The van der Waals surface area contributed by atoms with E-state index >= 15 is 0 Å². The second-order valence-electron chi connectivity index (χ2n) is 3.05. The van der Waals surface area contributed by atoms with Gasteiger partial charge >= 0.3 is 0 Å². The van der Waals surface area contributed by atoms with Gasteiger partial charge in [0.2, 0.25) is 10.0 Å². The lowest BCUT2D eigenvalue weighted by Crippen LogP contribution is -2.32. The number of fused-ring (bicyclic) bond motifs is 1. The highest BCUT2D eigenvalue weighted by molar-refractivity contribution is 7.91. The standard InChI is InChI=1S/C7H8ClNO2S2/c1-4-3-9-13(10,11)7-5(4)2-6(8)12-7/h2,4,9H,3H2,1H3. The van der Waals surface area contributed by atoms with Gasteiger partial charge in [-0.05, 0) is 17.5 Å². The van der Waals surface area contributed by atoms with Crippen LogP contribution >= 0.6 is 22.9 Å². The maximum Gasteiger partial charge on any atom is 0.250 e. The Hall–Kier alpha value is -0.100. The maximum atomic E-state index is 11.5. The fraction of sp³-hybridized carbons (Fsp3) is 0.429. The monoisotopic (exact) mass is 237 g/mol. The molecule has 0 saturated carbocycles. The van der Waals surface area contributed by atoms with E-state index in [-0.39, 0.29) is 5.92 Å². The molecular formula is C7H8ClNO2S2. The van der Waals surface area contributed by atoms with E-state index < -0.39 is 10.0 Å². The first-order valence-electron chi connectivity index (χ1n) is 3.79. The van der Waals surface area contributed by atoms with Crippen molar-refractivity contribution in [2.75, 3.05) is 6.54 Å². The van der Waals surface area contributed by atoms with Crippen molar-refractivity contribution in [2.24, 2.45) is 0 Å². The first-order chi connectivity index (χ1) is 6.00. The fourth-order valence-electron chi connectivity index (χ4n) is 1.32. The Bertz CT molecular complexity index is 437. The molecule has 0 fully saturated rings.